The van der Waals surface area contributed by atoms with Gasteiger partial charge in [-0.3, -0.25) is 0 Å². The minimum absolute atomic E-state index is 0.440. The number of allylic oxidation sites excluding steroid dienone is 3. The first-order valence-electron chi connectivity index (χ1n) is 5.74. The topological polar surface area (TPSA) is 3.24 Å². The van der Waals surface area contributed by atoms with Crippen LogP contribution in [0.5, 0.6) is 0 Å². The molecule has 1 nitrogen and oxygen atoms in total. The van der Waals surface area contributed by atoms with Gasteiger partial charge in [-0.15, -0.1) is 0 Å². The molecule has 1 aromatic rings. The molecule has 0 aliphatic rings. The van der Waals surface area contributed by atoms with Gasteiger partial charge in [0, 0.05) is 17.1 Å². The van der Waals surface area contributed by atoms with Crippen molar-refractivity contribution in [3.63, 3.8) is 0 Å². The molecular formula is C15H21N. The van der Waals surface area contributed by atoms with Gasteiger partial charge in [-0.05, 0) is 31.9 Å². The number of nitrogens with zero attached hydrogens (tertiary/aromatic N) is 1. The second-order valence-electron chi connectivity index (χ2n) is 4.25. The van der Waals surface area contributed by atoms with Crippen LogP contribution in [0.2, 0.25) is 0 Å². The van der Waals surface area contributed by atoms with Gasteiger partial charge >= 0.3 is 0 Å². The van der Waals surface area contributed by atoms with Crippen molar-refractivity contribution in [2.45, 2.75) is 27.7 Å². The Bertz CT molecular complexity index is 374. The van der Waals surface area contributed by atoms with Crippen molar-refractivity contribution in [3.05, 3.63) is 54.4 Å². The highest BCUT2D eigenvalue weighted by Gasteiger charge is 2.13. The molecule has 0 fully saturated rings. The molecule has 0 spiro atoms. The lowest BCUT2D eigenvalue weighted by Crippen LogP contribution is -2.22. The molecule has 0 bridgehead atoms. The predicted octanol–water partition coefficient (Wildman–Crippen LogP) is 4.59. The van der Waals surface area contributed by atoms with E-state index in [4.69, 9.17) is 0 Å². The Kier molecular flexibility index (Phi) is 4.36. The van der Waals surface area contributed by atoms with Crippen LogP contribution in [0.1, 0.15) is 27.7 Å². The van der Waals surface area contributed by atoms with Gasteiger partial charge in [-0.25, -0.2) is 0 Å². The number of para-hydroxylation sites is 1. The van der Waals surface area contributed by atoms with Crippen molar-refractivity contribution in [1.29, 1.82) is 0 Å². The van der Waals surface area contributed by atoms with Crippen LogP contribution in [-0.2, 0) is 0 Å². The summed E-state index contributed by atoms with van der Waals surface area (Å²) < 4.78 is 0. The molecule has 0 saturated carbocycles. The van der Waals surface area contributed by atoms with Crippen molar-refractivity contribution in [2.24, 2.45) is 5.92 Å². The predicted molar refractivity (Wildman–Crippen MR) is 72.3 cm³/mol. The largest absolute Gasteiger partial charge is 0.319 e. The normalized spacial score (nSPS) is 11.7. The quantitative estimate of drug-likeness (QED) is 0.710. The lowest BCUT2D eigenvalue weighted by Gasteiger charge is -2.29. The van der Waals surface area contributed by atoms with Gasteiger partial charge in [0.15, 0.2) is 0 Å². The summed E-state index contributed by atoms with van der Waals surface area (Å²) in [5.74, 6) is 0.440. The van der Waals surface area contributed by atoms with Crippen molar-refractivity contribution in [3.8, 4) is 0 Å². The van der Waals surface area contributed by atoms with Crippen molar-refractivity contribution >= 4 is 5.69 Å². The molecule has 0 unspecified atom stereocenters. The Balaban J connectivity index is 3.12. The number of anilines is 1. The molecule has 16 heavy (non-hydrogen) atoms. The monoisotopic (exact) mass is 215 g/mol. The molecule has 0 saturated heterocycles. The molecule has 1 aromatic carbocycles. The molecule has 0 amide bonds. The SMILES string of the molecule is C=C(C(C)C)N(/C(C)=C/C)c1ccccc1. The van der Waals surface area contributed by atoms with Crippen molar-refractivity contribution < 1.29 is 0 Å². The van der Waals surface area contributed by atoms with Gasteiger partial charge in [-0.2, -0.15) is 0 Å². The Morgan fingerprint density at radius 2 is 1.81 bits per heavy atom. The molecule has 1 heteroatoms. The maximum absolute atomic E-state index is 4.19. The van der Waals surface area contributed by atoms with E-state index in [0.29, 0.717) is 5.92 Å². The third kappa shape index (κ3) is 2.75. The minimum atomic E-state index is 0.440. The summed E-state index contributed by atoms with van der Waals surface area (Å²) in [5.41, 5.74) is 3.52. The standard InChI is InChI=1S/C15H21N/c1-6-13(4)16(14(5)12(2)3)15-10-8-7-9-11-15/h6-12H,5H2,1-4H3/b13-6+. The van der Waals surface area contributed by atoms with Gasteiger partial charge in [0.1, 0.15) is 0 Å². The van der Waals surface area contributed by atoms with Gasteiger partial charge < -0.3 is 4.90 Å². The smallest absolute Gasteiger partial charge is 0.0454 e. The Morgan fingerprint density at radius 3 is 2.25 bits per heavy atom. The highest BCUT2D eigenvalue weighted by Crippen LogP contribution is 2.26. The average molecular weight is 215 g/mol. The van der Waals surface area contributed by atoms with Gasteiger partial charge in [0.05, 0.1) is 0 Å². The molecule has 0 aliphatic carbocycles. The van der Waals surface area contributed by atoms with E-state index in [-0.39, 0.29) is 0 Å². The van der Waals surface area contributed by atoms with E-state index in [1.807, 2.05) is 6.07 Å². The van der Waals surface area contributed by atoms with Gasteiger partial charge in [0.25, 0.3) is 0 Å². The molecule has 0 radical (unpaired) electrons. The van der Waals surface area contributed by atoms with Crippen LogP contribution in [0.15, 0.2) is 54.4 Å². The molecule has 0 heterocycles. The first kappa shape index (κ1) is 12.6. The number of hydrogen-bond acceptors (Lipinski definition) is 1. The van der Waals surface area contributed by atoms with Crippen LogP contribution in [-0.4, -0.2) is 0 Å². The highest BCUT2D eigenvalue weighted by molar-refractivity contribution is 5.57. The summed E-state index contributed by atoms with van der Waals surface area (Å²) in [6.45, 7) is 12.7. The summed E-state index contributed by atoms with van der Waals surface area (Å²) in [6.07, 6.45) is 2.11. The van der Waals surface area contributed by atoms with Crippen molar-refractivity contribution in [2.75, 3.05) is 4.90 Å². The maximum Gasteiger partial charge on any atom is 0.0454 e. The summed E-state index contributed by atoms with van der Waals surface area (Å²) in [4.78, 5) is 2.21. The minimum Gasteiger partial charge on any atom is -0.319 e. The van der Waals surface area contributed by atoms with E-state index in [1.165, 1.54) is 11.4 Å². The average Bonchev–Trinajstić information content (AvgIpc) is 2.30. The van der Waals surface area contributed by atoms with Crippen molar-refractivity contribution in [1.82, 2.24) is 0 Å². The number of rotatable bonds is 4. The van der Waals surface area contributed by atoms with Crippen LogP contribution < -0.4 is 4.90 Å². The molecule has 86 valence electrons. The van der Waals surface area contributed by atoms with E-state index in [0.717, 1.165) is 5.70 Å². The fourth-order valence-electron chi connectivity index (χ4n) is 1.56. The first-order valence-corrected chi connectivity index (χ1v) is 5.74. The van der Waals surface area contributed by atoms with Gasteiger partial charge in [-0.1, -0.05) is 44.7 Å². The molecule has 0 aliphatic heterocycles. The van der Waals surface area contributed by atoms with Crippen LogP contribution in [0.4, 0.5) is 5.69 Å². The second-order valence-corrected chi connectivity index (χ2v) is 4.25. The molecule has 0 N–H and O–H groups in total. The van der Waals surface area contributed by atoms with Crippen LogP contribution >= 0.6 is 0 Å². The van der Waals surface area contributed by atoms with Gasteiger partial charge in [0.2, 0.25) is 0 Å². The summed E-state index contributed by atoms with van der Waals surface area (Å²) in [7, 11) is 0. The van der Waals surface area contributed by atoms with E-state index >= 15 is 0 Å². The third-order valence-electron chi connectivity index (χ3n) is 2.74. The first-order chi connectivity index (χ1) is 7.57. The summed E-state index contributed by atoms with van der Waals surface area (Å²) in [5, 5.41) is 0. The lowest BCUT2D eigenvalue weighted by atomic mass is 10.1. The van der Waals surface area contributed by atoms with Crippen LogP contribution in [0.25, 0.3) is 0 Å². The second kappa shape index (κ2) is 5.55. The lowest BCUT2D eigenvalue weighted by molar-refractivity contribution is 0.738. The zero-order valence-electron chi connectivity index (χ0n) is 10.7. The fourth-order valence-corrected chi connectivity index (χ4v) is 1.56. The molecule has 0 atom stereocenters. The maximum atomic E-state index is 4.19. The Morgan fingerprint density at radius 1 is 1.25 bits per heavy atom. The van der Waals surface area contributed by atoms with Crippen LogP contribution in [0.3, 0.4) is 0 Å². The third-order valence-corrected chi connectivity index (χ3v) is 2.74. The summed E-state index contributed by atoms with van der Waals surface area (Å²) >= 11 is 0. The summed E-state index contributed by atoms with van der Waals surface area (Å²) in [6, 6.07) is 10.4. The molecular weight excluding hydrogens is 194 g/mol. The van der Waals surface area contributed by atoms with Crippen LogP contribution in [0, 0.1) is 5.92 Å². The zero-order valence-corrected chi connectivity index (χ0v) is 10.7. The number of hydrogen-bond donors (Lipinski definition) is 0. The molecule has 1 rings (SSSR count). The van der Waals surface area contributed by atoms with E-state index in [2.05, 4.69) is 69.5 Å². The fraction of sp³-hybridized carbons (Fsp3) is 0.333. The Hall–Kier alpha value is -1.50. The van der Waals surface area contributed by atoms with E-state index < -0.39 is 0 Å². The Labute approximate surface area is 99.1 Å². The molecule has 0 aromatic heterocycles. The zero-order chi connectivity index (χ0) is 12.1. The number of benzene rings is 1. The highest BCUT2D eigenvalue weighted by atomic mass is 15.2. The van der Waals surface area contributed by atoms with E-state index in [9.17, 15) is 0 Å². The van der Waals surface area contributed by atoms with E-state index in [1.54, 1.807) is 0 Å².